The Morgan fingerprint density at radius 3 is 3.12 bits per heavy atom. The fourth-order valence-electron chi connectivity index (χ4n) is 2.79. The largest absolute Gasteiger partial charge is 0.389 e. The van der Waals surface area contributed by atoms with Gasteiger partial charge in [-0.3, -0.25) is 4.68 Å². The van der Waals surface area contributed by atoms with Gasteiger partial charge in [0.2, 0.25) is 0 Å². The molecule has 1 fully saturated rings. The van der Waals surface area contributed by atoms with Crippen molar-refractivity contribution < 1.29 is 5.11 Å². The SMILES string of the molecule is CCC1CNCCC1(O)CCc1cnn(C)c1. The maximum atomic E-state index is 10.7. The van der Waals surface area contributed by atoms with E-state index in [1.807, 2.05) is 24.1 Å². The summed E-state index contributed by atoms with van der Waals surface area (Å²) in [6.07, 6.45) is 7.60. The lowest BCUT2D eigenvalue weighted by molar-refractivity contribution is -0.0483. The van der Waals surface area contributed by atoms with Gasteiger partial charge in [-0.1, -0.05) is 6.92 Å². The molecule has 1 aliphatic rings. The van der Waals surface area contributed by atoms with Crippen LogP contribution in [0.15, 0.2) is 12.4 Å². The standard InChI is InChI=1S/C13H23N3O/c1-3-12-9-14-7-6-13(12,17)5-4-11-8-15-16(2)10-11/h8,10,12,14,17H,3-7,9H2,1-2H3. The third kappa shape index (κ3) is 2.87. The number of piperidine rings is 1. The summed E-state index contributed by atoms with van der Waals surface area (Å²) in [5.41, 5.74) is 0.727. The highest BCUT2D eigenvalue weighted by molar-refractivity contribution is 5.05. The molecule has 17 heavy (non-hydrogen) atoms. The first-order valence-corrected chi connectivity index (χ1v) is 6.54. The predicted octanol–water partition coefficient (Wildman–Crippen LogP) is 1.10. The second-order valence-electron chi connectivity index (χ2n) is 5.19. The molecule has 1 aromatic rings. The molecule has 2 atom stereocenters. The van der Waals surface area contributed by atoms with Crippen molar-refractivity contribution in [1.82, 2.24) is 15.1 Å². The maximum absolute atomic E-state index is 10.7. The lowest BCUT2D eigenvalue weighted by atomic mass is 9.77. The molecule has 0 radical (unpaired) electrons. The van der Waals surface area contributed by atoms with Crippen molar-refractivity contribution in [2.45, 2.75) is 38.2 Å². The first-order valence-electron chi connectivity index (χ1n) is 6.54. The van der Waals surface area contributed by atoms with E-state index < -0.39 is 5.60 Å². The topological polar surface area (TPSA) is 50.1 Å². The van der Waals surface area contributed by atoms with Crippen LogP contribution in [0.5, 0.6) is 0 Å². The Morgan fingerprint density at radius 1 is 1.65 bits per heavy atom. The Kier molecular flexibility index (Phi) is 3.84. The highest BCUT2D eigenvalue weighted by Gasteiger charge is 2.37. The van der Waals surface area contributed by atoms with Crippen LogP contribution in [0.25, 0.3) is 0 Å². The van der Waals surface area contributed by atoms with Crippen molar-refractivity contribution >= 4 is 0 Å². The molecule has 1 saturated heterocycles. The van der Waals surface area contributed by atoms with Crippen LogP contribution >= 0.6 is 0 Å². The van der Waals surface area contributed by atoms with Gasteiger partial charge in [-0.2, -0.15) is 5.10 Å². The van der Waals surface area contributed by atoms with E-state index in [1.54, 1.807) is 0 Å². The van der Waals surface area contributed by atoms with E-state index in [0.717, 1.165) is 38.8 Å². The number of rotatable bonds is 4. The molecule has 96 valence electrons. The molecule has 1 aromatic heterocycles. The van der Waals surface area contributed by atoms with Crippen LogP contribution < -0.4 is 5.32 Å². The number of hydrogen-bond donors (Lipinski definition) is 2. The number of nitrogens with zero attached hydrogens (tertiary/aromatic N) is 2. The Bertz CT molecular complexity index is 363. The van der Waals surface area contributed by atoms with E-state index in [2.05, 4.69) is 17.3 Å². The third-order valence-corrected chi connectivity index (χ3v) is 3.98. The third-order valence-electron chi connectivity index (χ3n) is 3.98. The van der Waals surface area contributed by atoms with E-state index in [1.165, 1.54) is 5.56 Å². The molecule has 2 unspecified atom stereocenters. The van der Waals surface area contributed by atoms with Crippen molar-refractivity contribution in [2.75, 3.05) is 13.1 Å². The lowest BCUT2D eigenvalue weighted by Gasteiger charge is -2.40. The van der Waals surface area contributed by atoms with E-state index in [0.29, 0.717) is 5.92 Å². The average molecular weight is 237 g/mol. The van der Waals surface area contributed by atoms with Crippen LogP contribution in [0, 0.1) is 5.92 Å². The quantitative estimate of drug-likeness (QED) is 0.824. The highest BCUT2D eigenvalue weighted by atomic mass is 16.3. The van der Waals surface area contributed by atoms with Gasteiger partial charge in [-0.05, 0) is 43.7 Å². The molecular formula is C13H23N3O. The van der Waals surface area contributed by atoms with Crippen molar-refractivity contribution in [3.63, 3.8) is 0 Å². The summed E-state index contributed by atoms with van der Waals surface area (Å²) < 4.78 is 1.82. The van der Waals surface area contributed by atoms with Crippen LogP contribution in [0.1, 0.15) is 31.7 Å². The lowest BCUT2D eigenvalue weighted by Crippen LogP contribution is -2.50. The summed E-state index contributed by atoms with van der Waals surface area (Å²) in [4.78, 5) is 0. The van der Waals surface area contributed by atoms with Gasteiger partial charge in [0.1, 0.15) is 0 Å². The van der Waals surface area contributed by atoms with Gasteiger partial charge < -0.3 is 10.4 Å². The first-order chi connectivity index (χ1) is 8.14. The zero-order chi connectivity index (χ0) is 12.3. The fraction of sp³-hybridized carbons (Fsp3) is 0.769. The highest BCUT2D eigenvalue weighted by Crippen LogP contribution is 2.31. The van der Waals surface area contributed by atoms with Crippen molar-refractivity contribution in [2.24, 2.45) is 13.0 Å². The van der Waals surface area contributed by atoms with Gasteiger partial charge in [0, 0.05) is 19.8 Å². The minimum atomic E-state index is -0.490. The Balaban J connectivity index is 1.95. The molecule has 2 heterocycles. The molecule has 0 bridgehead atoms. The van der Waals surface area contributed by atoms with Gasteiger partial charge in [-0.15, -0.1) is 0 Å². The molecule has 4 nitrogen and oxygen atoms in total. The van der Waals surface area contributed by atoms with Crippen LogP contribution in [-0.2, 0) is 13.5 Å². The number of nitrogens with one attached hydrogen (secondary N) is 1. The monoisotopic (exact) mass is 237 g/mol. The zero-order valence-corrected chi connectivity index (χ0v) is 10.8. The number of aromatic nitrogens is 2. The Hall–Kier alpha value is -0.870. The summed E-state index contributed by atoms with van der Waals surface area (Å²) in [5.74, 6) is 0.382. The predicted molar refractivity (Wildman–Crippen MR) is 67.7 cm³/mol. The molecule has 2 rings (SSSR count). The fourth-order valence-corrected chi connectivity index (χ4v) is 2.79. The van der Waals surface area contributed by atoms with Gasteiger partial charge in [0.05, 0.1) is 11.8 Å². The van der Waals surface area contributed by atoms with Crippen molar-refractivity contribution in [3.05, 3.63) is 18.0 Å². The molecule has 0 aromatic carbocycles. The van der Waals surface area contributed by atoms with Gasteiger partial charge in [-0.25, -0.2) is 0 Å². The molecule has 2 N–H and O–H groups in total. The van der Waals surface area contributed by atoms with Crippen LogP contribution in [0.3, 0.4) is 0 Å². The molecule has 0 saturated carbocycles. The number of hydrogen-bond acceptors (Lipinski definition) is 3. The molecule has 4 heteroatoms. The Morgan fingerprint density at radius 2 is 2.47 bits per heavy atom. The molecule has 0 spiro atoms. The van der Waals surface area contributed by atoms with E-state index in [4.69, 9.17) is 0 Å². The van der Waals surface area contributed by atoms with E-state index in [-0.39, 0.29) is 0 Å². The normalized spacial score (nSPS) is 29.5. The Labute approximate surface area is 103 Å². The molecular weight excluding hydrogens is 214 g/mol. The van der Waals surface area contributed by atoms with Gasteiger partial charge in [0.25, 0.3) is 0 Å². The minimum absolute atomic E-state index is 0.382. The molecule has 0 amide bonds. The summed E-state index contributed by atoms with van der Waals surface area (Å²) in [6, 6.07) is 0. The van der Waals surface area contributed by atoms with Crippen LogP contribution in [0.4, 0.5) is 0 Å². The number of aryl methyl sites for hydroxylation is 2. The summed E-state index contributed by atoms with van der Waals surface area (Å²) in [5, 5.41) is 18.3. The second-order valence-corrected chi connectivity index (χ2v) is 5.19. The summed E-state index contributed by atoms with van der Waals surface area (Å²) >= 11 is 0. The summed E-state index contributed by atoms with van der Waals surface area (Å²) in [6.45, 7) is 4.03. The van der Waals surface area contributed by atoms with E-state index in [9.17, 15) is 5.11 Å². The number of aliphatic hydroxyl groups is 1. The van der Waals surface area contributed by atoms with Gasteiger partial charge >= 0.3 is 0 Å². The smallest absolute Gasteiger partial charge is 0.0703 e. The van der Waals surface area contributed by atoms with E-state index >= 15 is 0 Å². The second kappa shape index (κ2) is 5.19. The van der Waals surface area contributed by atoms with Crippen LogP contribution in [0.2, 0.25) is 0 Å². The van der Waals surface area contributed by atoms with Crippen LogP contribution in [-0.4, -0.2) is 33.6 Å². The summed E-state index contributed by atoms with van der Waals surface area (Å²) in [7, 11) is 1.93. The first kappa shape index (κ1) is 12.6. The minimum Gasteiger partial charge on any atom is -0.389 e. The van der Waals surface area contributed by atoms with Gasteiger partial charge in [0.15, 0.2) is 0 Å². The zero-order valence-electron chi connectivity index (χ0n) is 10.8. The van der Waals surface area contributed by atoms with Crippen molar-refractivity contribution in [3.8, 4) is 0 Å². The average Bonchev–Trinajstić information content (AvgIpc) is 2.73. The maximum Gasteiger partial charge on any atom is 0.0703 e. The van der Waals surface area contributed by atoms with Crippen molar-refractivity contribution in [1.29, 1.82) is 0 Å². The molecule has 0 aliphatic carbocycles. The molecule has 1 aliphatic heterocycles.